The topological polar surface area (TPSA) is 41.6 Å². The van der Waals surface area contributed by atoms with E-state index < -0.39 is 5.97 Å². The number of fused-ring (bicyclic) bond motifs is 1. The average molecular weight is 315 g/mol. The Labute approximate surface area is 135 Å². The number of hydrogen-bond donors (Lipinski definition) is 1. The van der Waals surface area contributed by atoms with E-state index in [2.05, 4.69) is 36.4 Å². The van der Waals surface area contributed by atoms with Crippen LogP contribution < -0.4 is 5.32 Å². The molecular weight excluding hydrogens is 298 g/mol. The van der Waals surface area contributed by atoms with Crippen LogP contribution in [0.5, 0.6) is 0 Å². The van der Waals surface area contributed by atoms with Crippen molar-refractivity contribution in [3.63, 3.8) is 0 Å². The molecule has 3 rings (SSSR count). The highest BCUT2D eigenvalue weighted by molar-refractivity contribution is 6.33. The van der Waals surface area contributed by atoms with Crippen molar-refractivity contribution in [3.8, 4) is 0 Å². The first-order valence-electron chi connectivity index (χ1n) is 7.18. The number of hydrogen-bond acceptors (Lipinski definition) is 4. The van der Waals surface area contributed by atoms with Gasteiger partial charge in [0.2, 0.25) is 0 Å². The van der Waals surface area contributed by atoms with Crippen LogP contribution >= 0.6 is 11.6 Å². The van der Waals surface area contributed by atoms with Gasteiger partial charge in [-0.15, -0.1) is 0 Å². The molecule has 1 unspecified atom stereocenters. The zero-order chi connectivity index (χ0) is 15.7. The van der Waals surface area contributed by atoms with Crippen LogP contribution in [0.2, 0.25) is 5.02 Å². The summed E-state index contributed by atoms with van der Waals surface area (Å²) in [6, 6.07) is 5.39. The van der Waals surface area contributed by atoms with Crippen molar-refractivity contribution in [1.82, 2.24) is 10.2 Å². The summed E-state index contributed by atoms with van der Waals surface area (Å²) in [6.45, 7) is 2.10. The quantitative estimate of drug-likeness (QED) is 0.685. The number of allylic oxidation sites excluding steroid dienone is 2. The predicted octanol–water partition coefficient (Wildman–Crippen LogP) is 2.09. The van der Waals surface area contributed by atoms with Gasteiger partial charge < -0.3 is 15.0 Å². The van der Waals surface area contributed by atoms with E-state index in [1.165, 1.54) is 5.47 Å². The number of nitrogens with zero attached hydrogens (tertiary/aromatic N) is 1. The largest absolute Gasteiger partial charge is 0.462 e. The van der Waals surface area contributed by atoms with Gasteiger partial charge in [0.05, 0.1) is 22.9 Å². The molecule has 0 fully saturated rings. The number of nitrogens with one attached hydrogen (secondary N) is 1. The molecule has 0 aliphatic carbocycles. The molecule has 2 heterocycles. The fourth-order valence-corrected chi connectivity index (χ4v) is 2.81. The van der Waals surface area contributed by atoms with Crippen molar-refractivity contribution in [2.45, 2.75) is 13.1 Å². The van der Waals surface area contributed by atoms with Gasteiger partial charge in [0.1, 0.15) is 14.0 Å². The first-order valence-corrected chi connectivity index (χ1v) is 7.56. The molecule has 22 heavy (non-hydrogen) atoms. The summed E-state index contributed by atoms with van der Waals surface area (Å²) in [5, 5.41) is 3.70. The highest BCUT2D eigenvalue weighted by atomic mass is 35.5. The second-order valence-electron chi connectivity index (χ2n) is 5.20. The van der Waals surface area contributed by atoms with E-state index in [0.717, 1.165) is 11.3 Å². The molecule has 0 spiro atoms. The Morgan fingerprint density at radius 1 is 1.50 bits per heavy atom. The highest BCUT2D eigenvalue weighted by Gasteiger charge is 2.25. The monoisotopic (exact) mass is 314 g/mol. The number of esters is 1. The number of halogens is 1. The fraction of sp³-hybridized carbons (Fsp3) is 0.188. The normalized spacial score (nSPS) is 19.2. The fourth-order valence-electron chi connectivity index (χ4n) is 2.55. The van der Waals surface area contributed by atoms with Crippen LogP contribution in [-0.4, -0.2) is 31.5 Å². The van der Waals surface area contributed by atoms with Gasteiger partial charge in [-0.2, -0.15) is 0 Å². The van der Waals surface area contributed by atoms with Gasteiger partial charge in [-0.1, -0.05) is 29.2 Å². The minimum Gasteiger partial charge on any atom is -0.462 e. The molecule has 0 radical (unpaired) electrons. The molecule has 0 aromatic heterocycles. The van der Waals surface area contributed by atoms with Crippen LogP contribution in [0.15, 0.2) is 48.2 Å². The Balaban J connectivity index is 1.89. The molecule has 0 saturated heterocycles. The Morgan fingerprint density at radius 2 is 2.32 bits per heavy atom. The van der Waals surface area contributed by atoms with E-state index in [1.807, 2.05) is 12.3 Å². The lowest BCUT2D eigenvalue weighted by Crippen LogP contribution is -2.33. The average Bonchev–Trinajstić information content (AvgIpc) is 2.90. The predicted molar refractivity (Wildman–Crippen MR) is 89.9 cm³/mol. The lowest BCUT2D eigenvalue weighted by molar-refractivity contribution is 0.0526. The minimum absolute atomic E-state index is 0.127. The molecule has 112 valence electrons. The van der Waals surface area contributed by atoms with Crippen molar-refractivity contribution in [2.24, 2.45) is 0 Å². The summed E-state index contributed by atoms with van der Waals surface area (Å²) in [5.41, 5.74) is 3.54. The van der Waals surface area contributed by atoms with Gasteiger partial charge in [-0.25, -0.2) is 4.79 Å². The molecule has 2 aliphatic rings. The van der Waals surface area contributed by atoms with E-state index in [9.17, 15) is 4.79 Å². The third kappa shape index (κ3) is 2.64. The number of carbonyl (C=O) groups is 1. The van der Waals surface area contributed by atoms with E-state index in [0.29, 0.717) is 17.2 Å². The number of carbonyl (C=O) groups excluding carboxylic acids is 1. The van der Waals surface area contributed by atoms with Crippen molar-refractivity contribution >= 4 is 31.1 Å². The molecule has 6 heteroatoms. The molecule has 1 N–H and O–H groups in total. The van der Waals surface area contributed by atoms with Crippen LogP contribution in [0.1, 0.15) is 22.8 Å². The molecule has 0 bridgehead atoms. The van der Waals surface area contributed by atoms with Gasteiger partial charge in [0, 0.05) is 18.0 Å². The Bertz CT molecular complexity index is 712. The highest BCUT2D eigenvalue weighted by Crippen LogP contribution is 2.31. The van der Waals surface area contributed by atoms with Gasteiger partial charge in [-0.3, -0.25) is 0 Å². The standard InChI is InChI=1S/C16H16BClN2O2/c1-2-22-16(21)12-5-3-10(7-13(12)18)14-8-19-15-6-4-11(17)9-20(14)15/h3-9,15,19H,2,17H2,1H3. The Hall–Kier alpha value is -2.14. The second-order valence-corrected chi connectivity index (χ2v) is 5.60. The minimum atomic E-state index is -0.396. The summed E-state index contributed by atoms with van der Waals surface area (Å²) in [4.78, 5) is 14.0. The first kappa shape index (κ1) is 14.8. The molecule has 4 nitrogen and oxygen atoms in total. The zero-order valence-electron chi connectivity index (χ0n) is 12.5. The van der Waals surface area contributed by atoms with Crippen molar-refractivity contribution in [1.29, 1.82) is 0 Å². The second kappa shape index (κ2) is 5.93. The maximum Gasteiger partial charge on any atom is 0.339 e. The molecule has 2 aliphatic heterocycles. The molecule has 1 atom stereocenters. The van der Waals surface area contributed by atoms with E-state index in [-0.39, 0.29) is 6.17 Å². The zero-order valence-corrected chi connectivity index (χ0v) is 13.2. The van der Waals surface area contributed by atoms with Crippen LogP contribution in [0.4, 0.5) is 0 Å². The summed E-state index contributed by atoms with van der Waals surface area (Å²) in [7, 11) is 2.06. The molecular formula is C16H16BClN2O2. The lowest BCUT2D eigenvalue weighted by Gasteiger charge is -2.27. The van der Waals surface area contributed by atoms with Crippen LogP contribution in [0.25, 0.3) is 5.70 Å². The maximum atomic E-state index is 11.8. The summed E-state index contributed by atoms with van der Waals surface area (Å²) in [6.07, 6.45) is 8.36. The van der Waals surface area contributed by atoms with Gasteiger partial charge in [0.15, 0.2) is 0 Å². The Kier molecular flexibility index (Phi) is 3.99. The van der Waals surface area contributed by atoms with Crippen LogP contribution in [0, 0.1) is 0 Å². The third-order valence-corrected chi connectivity index (χ3v) is 3.93. The molecule has 0 amide bonds. The number of benzene rings is 1. The van der Waals surface area contributed by atoms with Crippen LogP contribution in [0.3, 0.4) is 0 Å². The Morgan fingerprint density at radius 3 is 3.05 bits per heavy atom. The summed E-state index contributed by atoms with van der Waals surface area (Å²) in [5.74, 6) is -0.396. The first-order chi connectivity index (χ1) is 10.6. The molecule has 0 saturated carbocycles. The summed E-state index contributed by atoms with van der Waals surface area (Å²) >= 11 is 6.25. The molecule has 1 aromatic rings. The van der Waals surface area contributed by atoms with Crippen molar-refractivity contribution in [3.05, 3.63) is 64.4 Å². The summed E-state index contributed by atoms with van der Waals surface area (Å²) < 4.78 is 4.99. The third-order valence-electron chi connectivity index (χ3n) is 3.61. The van der Waals surface area contributed by atoms with E-state index >= 15 is 0 Å². The molecule has 1 aromatic carbocycles. The van der Waals surface area contributed by atoms with E-state index in [4.69, 9.17) is 16.3 Å². The van der Waals surface area contributed by atoms with E-state index in [1.54, 1.807) is 19.1 Å². The van der Waals surface area contributed by atoms with Gasteiger partial charge in [0.25, 0.3) is 0 Å². The van der Waals surface area contributed by atoms with Crippen molar-refractivity contribution < 1.29 is 9.53 Å². The SMILES string of the molecule is BC1=CN2C(c3ccc(C(=O)OCC)c(Cl)c3)=CNC2C=C1. The lowest BCUT2D eigenvalue weighted by atomic mass is 9.94. The van der Waals surface area contributed by atoms with Gasteiger partial charge >= 0.3 is 5.97 Å². The van der Waals surface area contributed by atoms with Crippen LogP contribution in [-0.2, 0) is 4.74 Å². The van der Waals surface area contributed by atoms with Gasteiger partial charge in [-0.05, 0) is 25.1 Å². The number of ether oxygens (including phenoxy) is 1. The maximum absolute atomic E-state index is 11.8. The van der Waals surface area contributed by atoms with Crippen molar-refractivity contribution in [2.75, 3.05) is 6.61 Å². The smallest absolute Gasteiger partial charge is 0.339 e. The number of rotatable bonds is 3.